The van der Waals surface area contributed by atoms with Crippen molar-refractivity contribution in [1.29, 1.82) is 0 Å². The third-order valence-electron chi connectivity index (χ3n) is 8.78. The van der Waals surface area contributed by atoms with Crippen LogP contribution in [0.15, 0.2) is 18.7 Å². The number of nitrogens with zero attached hydrogens (tertiary/aromatic N) is 5. The number of ether oxygens (including phenoxy) is 2. The number of amides is 1. The lowest BCUT2D eigenvalue weighted by Crippen LogP contribution is -2.58. The second kappa shape index (κ2) is 11.9. The minimum atomic E-state index is -4.82. The molecule has 1 amide bonds. The van der Waals surface area contributed by atoms with Crippen LogP contribution in [-0.4, -0.2) is 77.1 Å². The Morgan fingerprint density at radius 1 is 1.26 bits per heavy atom. The maximum atomic E-state index is 15.3. The average molecular weight is 607 g/mol. The topological polar surface area (TPSA) is 97.0 Å². The highest BCUT2D eigenvalue weighted by Crippen LogP contribution is 2.44. The van der Waals surface area contributed by atoms with Crippen molar-refractivity contribution in [3.8, 4) is 6.01 Å². The maximum Gasteiger partial charge on any atom is 0.417 e. The van der Waals surface area contributed by atoms with Gasteiger partial charge in [0.05, 0.1) is 29.7 Å². The number of hydrogen-bond acceptors (Lipinski definition) is 8. The highest BCUT2D eigenvalue weighted by atomic mass is 19.4. The normalized spacial score (nSPS) is 24.7. The highest BCUT2D eigenvalue weighted by molar-refractivity contribution is 5.87. The number of halogens is 4. The van der Waals surface area contributed by atoms with E-state index in [4.69, 9.17) is 20.2 Å². The smallest absolute Gasteiger partial charge is 0.417 e. The van der Waals surface area contributed by atoms with Crippen LogP contribution in [-0.2, 0) is 28.7 Å². The molecule has 4 atom stereocenters. The molecule has 2 N–H and O–H groups in total. The Balaban J connectivity index is 1.54. The number of likely N-dealkylation sites (tertiary alicyclic amines) is 1. The van der Waals surface area contributed by atoms with Crippen LogP contribution in [0.1, 0.15) is 60.7 Å². The fourth-order valence-corrected chi connectivity index (χ4v) is 6.45. The van der Waals surface area contributed by atoms with E-state index >= 15 is 4.39 Å². The molecular formula is C30H38F4N6O3. The maximum absolute atomic E-state index is 15.3. The molecule has 4 heterocycles. The van der Waals surface area contributed by atoms with Gasteiger partial charge in [0.1, 0.15) is 12.4 Å². The Hall–Kier alpha value is -3.45. The molecule has 5 rings (SSSR count). The van der Waals surface area contributed by atoms with E-state index in [1.54, 1.807) is 4.90 Å². The van der Waals surface area contributed by atoms with Crippen LogP contribution < -0.4 is 15.4 Å². The number of piperazine rings is 1. The Kier molecular flexibility index (Phi) is 8.59. The lowest BCUT2D eigenvalue weighted by molar-refractivity contribution is -0.140. The first-order valence-electron chi connectivity index (χ1n) is 14.5. The molecular weight excluding hydrogens is 568 g/mol. The summed E-state index contributed by atoms with van der Waals surface area (Å²) in [7, 11) is 2.02. The molecule has 2 fully saturated rings. The molecule has 1 aromatic heterocycles. The number of fused-ring (bicyclic) bond motifs is 1. The van der Waals surface area contributed by atoms with Crippen molar-refractivity contribution in [2.45, 2.75) is 77.0 Å². The van der Waals surface area contributed by atoms with E-state index in [1.807, 2.05) is 25.8 Å². The molecule has 2 saturated heterocycles. The number of nitrogen functional groups attached to an aromatic ring is 1. The van der Waals surface area contributed by atoms with Crippen LogP contribution in [0, 0.1) is 12.7 Å². The molecule has 43 heavy (non-hydrogen) atoms. The number of nitrogens with two attached hydrogens (primary N) is 1. The van der Waals surface area contributed by atoms with E-state index in [9.17, 15) is 18.0 Å². The molecule has 13 heteroatoms. The standard InChI is InChI=1S/C30H38F4N6O3/c1-6-24(41)39-12-18(4)40(13-17(39)3)28-20-15-42-23(25-26(30(32,33)34)16(2)10-21(35)27(25)31)11-22(20)36-29(37-28)43-14-19-8-7-9-38(19)5/h6,10,17-19,23H,1,7-9,11-15,35H2,2-5H3/t17-,18+,19-,23-/m0/s1. The number of anilines is 2. The number of carbonyl (C=O) groups excluding carboxylic acids is 1. The van der Waals surface area contributed by atoms with Gasteiger partial charge in [0.2, 0.25) is 5.91 Å². The first kappa shape index (κ1) is 31.0. The number of alkyl halides is 3. The summed E-state index contributed by atoms with van der Waals surface area (Å²) in [5, 5.41) is 0. The number of likely N-dealkylation sites (N-methyl/N-ethyl adjacent to an activating group) is 1. The highest BCUT2D eigenvalue weighted by Gasteiger charge is 2.42. The van der Waals surface area contributed by atoms with E-state index < -0.39 is 29.2 Å². The van der Waals surface area contributed by atoms with Crippen molar-refractivity contribution < 1.29 is 31.8 Å². The van der Waals surface area contributed by atoms with Crippen molar-refractivity contribution in [1.82, 2.24) is 19.8 Å². The van der Waals surface area contributed by atoms with Crippen LogP contribution >= 0.6 is 0 Å². The van der Waals surface area contributed by atoms with Crippen LogP contribution in [0.5, 0.6) is 6.01 Å². The van der Waals surface area contributed by atoms with Gasteiger partial charge in [-0.2, -0.15) is 23.1 Å². The molecule has 0 radical (unpaired) electrons. The summed E-state index contributed by atoms with van der Waals surface area (Å²) in [4.78, 5) is 27.8. The van der Waals surface area contributed by atoms with Crippen LogP contribution in [0.4, 0.5) is 29.1 Å². The zero-order valence-corrected chi connectivity index (χ0v) is 24.9. The predicted octanol–water partition coefficient (Wildman–Crippen LogP) is 4.42. The predicted molar refractivity (Wildman–Crippen MR) is 153 cm³/mol. The van der Waals surface area contributed by atoms with Gasteiger partial charge in [0.25, 0.3) is 0 Å². The molecule has 2 aromatic rings. The first-order valence-corrected chi connectivity index (χ1v) is 14.5. The number of rotatable bonds is 6. The second-order valence-corrected chi connectivity index (χ2v) is 11.8. The van der Waals surface area contributed by atoms with Gasteiger partial charge in [0, 0.05) is 48.8 Å². The Labute approximate surface area is 248 Å². The zero-order valence-electron chi connectivity index (χ0n) is 24.9. The monoisotopic (exact) mass is 606 g/mol. The lowest BCUT2D eigenvalue weighted by atomic mass is 9.91. The summed E-state index contributed by atoms with van der Waals surface area (Å²) in [6.45, 7) is 10.8. The molecule has 9 nitrogen and oxygen atoms in total. The quantitative estimate of drug-likeness (QED) is 0.293. The van der Waals surface area contributed by atoms with E-state index in [0.29, 0.717) is 36.8 Å². The van der Waals surface area contributed by atoms with Gasteiger partial charge in [-0.15, -0.1) is 0 Å². The molecule has 3 aliphatic heterocycles. The molecule has 0 unspecified atom stereocenters. The van der Waals surface area contributed by atoms with Crippen molar-refractivity contribution in [3.63, 3.8) is 0 Å². The number of carbonyl (C=O) groups is 1. The summed E-state index contributed by atoms with van der Waals surface area (Å²) < 4.78 is 69.9. The molecule has 234 valence electrons. The van der Waals surface area contributed by atoms with E-state index in [0.717, 1.165) is 25.5 Å². The zero-order chi connectivity index (χ0) is 31.2. The average Bonchev–Trinajstić information content (AvgIpc) is 3.37. The SMILES string of the molecule is C=CC(=O)N1C[C@@H](C)N(c2nc(OC[C@@H]3CCCN3C)nc3c2CO[C@H](c2c(F)c(N)cc(C)c2C(F)(F)F)C3)C[C@@H]1C. The van der Waals surface area contributed by atoms with E-state index in [-0.39, 0.29) is 54.3 Å². The van der Waals surface area contributed by atoms with Gasteiger partial charge in [-0.1, -0.05) is 6.58 Å². The third-order valence-corrected chi connectivity index (χ3v) is 8.78. The van der Waals surface area contributed by atoms with Crippen LogP contribution in [0.25, 0.3) is 0 Å². The van der Waals surface area contributed by atoms with Gasteiger partial charge in [-0.25, -0.2) is 4.39 Å². The summed E-state index contributed by atoms with van der Waals surface area (Å²) in [6, 6.07) is 0.949. The van der Waals surface area contributed by atoms with Gasteiger partial charge >= 0.3 is 12.2 Å². The largest absolute Gasteiger partial charge is 0.462 e. The lowest BCUT2D eigenvalue weighted by Gasteiger charge is -2.45. The summed E-state index contributed by atoms with van der Waals surface area (Å²) in [5.74, 6) is -0.782. The van der Waals surface area contributed by atoms with Gasteiger partial charge in [0.15, 0.2) is 5.82 Å². The first-order chi connectivity index (χ1) is 20.3. The molecule has 0 aliphatic carbocycles. The second-order valence-electron chi connectivity index (χ2n) is 11.8. The molecule has 3 aliphatic rings. The van der Waals surface area contributed by atoms with Crippen molar-refractivity contribution >= 4 is 17.4 Å². The van der Waals surface area contributed by atoms with Crippen molar-refractivity contribution in [3.05, 3.63) is 52.5 Å². The summed E-state index contributed by atoms with van der Waals surface area (Å²) >= 11 is 0. The minimum absolute atomic E-state index is 0.0967. The number of benzene rings is 1. The van der Waals surface area contributed by atoms with Crippen molar-refractivity contribution in [2.24, 2.45) is 0 Å². The molecule has 0 spiro atoms. The van der Waals surface area contributed by atoms with Crippen LogP contribution in [0.3, 0.4) is 0 Å². The van der Waals surface area contributed by atoms with E-state index in [1.165, 1.54) is 13.0 Å². The van der Waals surface area contributed by atoms with Gasteiger partial charge < -0.3 is 29.9 Å². The Morgan fingerprint density at radius 2 is 2.00 bits per heavy atom. The summed E-state index contributed by atoms with van der Waals surface area (Å²) in [5.41, 5.74) is 4.52. The Bertz CT molecular complexity index is 1400. The fraction of sp³-hybridized carbons (Fsp3) is 0.567. The molecule has 0 saturated carbocycles. The van der Waals surface area contributed by atoms with E-state index in [2.05, 4.69) is 16.5 Å². The number of hydrogen-bond donors (Lipinski definition) is 1. The van der Waals surface area contributed by atoms with Crippen molar-refractivity contribution in [2.75, 3.05) is 43.9 Å². The molecule has 1 aromatic carbocycles. The van der Waals surface area contributed by atoms with Gasteiger partial charge in [-0.05, 0) is 64.9 Å². The van der Waals surface area contributed by atoms with Crippen LogP contribution in [0.2, 0.25) is 0 Å². The summed E-state index contributed by atoms with van der Waals surface area (Å²) in [6.07, 6.45) is -2.92. The van der Waals surface area contributed by atoms with Gasteiger partial charge in [-0.3, -0.25) is 4.79 Å². The molecule has 0 bridgehead atoms. The fourth-order valence-electron chi connectivity index (χ4n) is 6.45. The third kappa shape index (κ3) is 6.01. The Morgan fingerprint density at radius 3 is 2.65 bits per heavy atom. The number of aromatic nitrogens is 2. The minimum Gasteiger partial charge on any atom is -0.462 e. The number of aryl methyl sites for hydroxylation is 1.